The van der Waals surface area contributed by atoms with Crippen molar-refractivity contribution in [1.29, 1.82) is 0 Å². The van der Waals surface area contributed by atoms with E-state index in [4.69, 9.17) is 16.3 Å². The Kier molecular flexibility index (Phi) is 5.63. The number of benzene rings is 1. The van der Waals surface area contributed by atoms with Gasteiger partial charge in [-0.3, -0.25) is 0 Å². The maximum absolute atomic E-state index is 6.18. The van der Waals surface area contributed by atoms with Crippen LogP contribution >= 0.6 is 11.6 Å². The number of halogens is 1. The van der Waals surface area contributed by atoms with E-state index in [1.807, 2.05) is 32.0 Å². The van der Waals surface area contributed by atoms with Crippen LogP contribution in [0.15, 0.2) is 18.2 Å². The summed E-state index contributed by atoms with van der Waals surface area (Å²) in [5.74, 6) is 0.747. The standard InChI is InChI=1S/C14H22ClNO/c1-5-11(6-2)16-12-7-8-14(13(15)9-12)17-10(3)4/h7-11,16H,5-6H2,1-4H3. The van der Waals surface area contributed by atoms with Crippen LogP contribution < -0.4 is 10.1 Å². The minimum absolute atomic E-state index is 0.144. The highest BCUT2D eigenvalue weighted by Gasteiger charge is 2.07. The van der Waals surface area contributed by atoms with E-state index in [9.17, 15) is 0 Å². The molecule has 0 saturated heterocycles. The van der Waals surface area contributed by atoms with Crippen molar-refractivity contribution in [2.75, 3.05) is 5.32 Å². The number of ether oxygens (including phenoxy) is 1. The van der Waals surface area contributed by atoms with Gasteiger partial charge in [-0.2, -0.15) is 0 Å². The first kappa shape index (κ1) is 14.2. The van der Waals surface area contributed by atoms with Crippen molar-refractivity contribution in [3.05, 3.63) is 23.2 Å². The summed E-state index contributed by atoms with van der Waals surface area (Å²) in [7, 11) is 0. The van der Waals surface area contributed by atoms with Crippen LogP contribution in [0.1, 0.15) is 40.5 Å². The monoisotopic (exact) mass is 255 g/mol. The maximum atomic E-state index is 6.18. The van der Waals surface area contributed by atoms with Gasteiger partial charge in [0.2, 0.25) is 0 Å². The van der Waals surface area contributed by atoms with Crippen LogP contribution in [0.25, 0.3) is 0 Å². The van der Waals surface area contributed by atoms with Crippen molar-refractivity contribution in [3.8, 4) is 5.75 Å². The molecule has 0 aliphatic heterocycles. The van der Waals surface area contributed by atoms with Crippen LogP contribution in [0.3, 0.4) is 0 Å². The minimum atomic E-state index is 0.144. The Morgan fingerprint density at radius 2 is 1.88 bits per heavy atom. The predicted octanol–water partition coefficient (Wildman–Crippen LogP) is 4.73. The van der Waals surface area contributed by atoms with Crippen molar-refractivity contribution in [2.45, 2.75) is 52.7 Å². The van der Waals surface area contributed by atoms with E-state index >= 15 is 0 Å². The molecule has 1 aromatic carbocycles. The van der Waals surface area contributed by atoms with E-state index < -0.39 is 0 Å². The molecule has 0 amide bonds. The first-order valence-corrected chi connectivity index (χ1v) is 6.67. The average molecular weight is 256 g/mol. The van der Waals surface area contributed by atoms with Gasteiger partial charge in [0, 0.05) is 11.7 Å². The molecule has 0 aromatic heterocycles. The smallest absolute Gasteiger partial charge is 0.138 e. The molecule has 0 unspecified atom stereocenters. The summed E-state index contributed by atoms with van der Waals surface area (Å²) in [6.07, 6.45) is 2.36. The Balaban J connectivity index is 2.74. The highest BCUT2D eigenvalue weighted by molar-refractivity contribution is 6.32. The molecule has 96 valence electrons. The highest BCUT2D eigenvalue weighted by Crippen LogP contribution is 2.29. The number of nitrogens with one attached hydrogen (secondary N) is 1. The third-order valence-electron chi connectivity index (χ3n) is 2.65. The van der Waals surface area contributed by atoms with Gasteiger partial charge in [0.1, 0.15) is 5.75 Å². The Morgan fingerprint density at radius 3 is 2.35 bits per heavy atom. The molecule has 1 aromatic rings. The lowest BCUT2D eigenvalue weighted by Crippen LogP contribution is -2.16. The lowest BCUT2D eigenvalue weighted by Gasteiger charge is -2.17. The molecule has 0 radical (unpaired) electrons. The normalized spacial score (nSPS) is 11.0. The van der Waals surface area contributed by atoms with Gasteiger partial charge in [-0.25, -0.2) is 0 Å². The fourth-order valence-corrected chi connectivity index (χ4v) is 1.89. The molecule has 0 aliphatic rings. The lowest BCUT2D eigenvalue weighted by molar-refractivity contribution is 0.242. The third kappa shape index (κ3) is 4.47. The van der Waals surface area contributed by atoms with Gasteiger partial charge in [0.15, 0.2) is 0 Å². The van der Waals surface area contributed by atoms with Gasteiger partial charge >= 0.3 is 0 Å². The molecule has 0 aliphatic carbocycles. The van der Waals surface area contributed by atoms with Gasteiger partial charge in [0.25, 0.3) is 0 Å². The molecule has 1 N–H and O–H groups in total. The summed E-state index contributed by atoms with van der Waals surface area (Å²) >= 11 is 6.18. The van der Waals surface area contributed by atoms with Crippen molar-refractivity contribution in [2.24, 2.45) is 0 Å². The fourth-order valence-electron chi connectivity index (χ4n) is 1.67. The van der Waals surface area contributed by atoms with Gasteiger partial charge in [-0.1, -0.05) is 25.4 Å². The topological polar surface area (TPSA) is 21.3 Å². The van der Waals surface area contributed by atoms with E-state index in [0.717, 1.165) is 24.3 Å². The van der Waals surface area contributed by atoms with Crippen LogP contribution in [-0.4, -0.2) is 12.1 Å². The predicted molar refractivity (Wildman–Crippen MR) is 75.2 cm³/mol. The summed E-state index contributed by atoms with van der Waals surface area (Å²) in [6.45, 7) is 8.34. The fraction of sp³-hybridized carbons (Fsp3) is 0.571. The van der Waals surface area contributed by atoms with Crippen LogP contribution in [0.2, 0.25) is 5.02 Å². The first-order valence-electron chi connectivity index (χ1n) is 6.29. The molecule has 17 heavy (non-hydrogen) atoms. The number of hydrogen-bond donors (Lipinski definition) is 1. The zero-order chi connectivity index (χ0) is 12.8. The number of anilines is 1. The molecular weight excluding hydrogens is 234 g/mol. The van der Waals surface area contributed by atoms with E-state index in [2.05, 4.69) is 19.2 Å². The molecule has 2 nitrogen and oxygen atoms in total. The van der Waals surface area contributed by atoms with Crippen LogP contribution in [-0.2, 0) is 0 Å². The van der Waals surface area contributed by atoms with Crippen molar-refractivity contribution < 1.29 is 4.74 Å². The highest BCUT2D eigenvalue weighted by atomic mass is 35.5. The van der Waals surface area contributed by atoms with Crippen LogP contribution in [0.5, 0.6) is 5.75 Å². The summed E-state index contributed by atoms with van der Waals surface area (Å²) in [5, 5.41) is 4.12. The van der Waals surface area contributed by atoms with Gasteiger partial charge < -0.3 is 10.1 Å². The maximum Gasteiger partial charge on any atom is 0.138 e. The Hall–Kier alpha value is -0.890. The number of rotatable bonds is 6. The number of hydrogen-bond acceptors (Lipinski definition) is 2. The average Bonchev–Trinajstić information content (AvgIpc) is 2.29. The SMILES string of the molecule is CCC(CC)Nc1ccc(OC(C)C)c(Cl)c1. The Bertz CT molecular complexity index is 348. The molecule has 0 fully saturated rings. The second kappa shape index (κ2) is 6.75. The quantitative estimate of drug-likeness (QED) is 0.794. The van der Waals surface area contributed by atoms with E-state index in [-0.39, 0.29) is 6.10 Å². The minimum Gasteiger partial charge on any atom is -0.489 e. The molecule has 0 spiro atoms. The van der Waals surface area contributed by atoms with Gasteiger partial charge in [0.05, 0.1) is 11.1 Å². The second-order valence-corrected chi connectivity index (χ2v) is 4.88. The van der Waals surface area contributed by atoms with E-state index in [1.165, 1.54) is 0 Å². The molecule has 0 heterocycles. The Labute approximate surface area is 109 Å². The largest absolute Gasteiger partial charge is 0.489 e. The Morgan fingerprint density at radius 1 is 1.24 bits per heavy atom. The summed E-state index contributed by atoms with van der Waals surface area (Å²) < 4.78 is 5.60. The van der Waals surface area contributed by atoms with Gasteiger partial charge in [-0.05, 0) is 44.9 Å². The van der Waals surface area contributed by atoms with Crippen LogP contribution in [0.4, 0.5) is 5.69 Å². The molecule has 3 heteroatoms. The first-order chi connectivity index (χ1) is 8.06. The summed E-state index contributed by atoms with van der Waals surface area (Å²) in [6, 6.07) is 6.37. The summed E-state index contributed by atoms with van der Waals surface area (Å²) in [5.41, 5.74) is 1.06. The molecule has 1 rings (SSSR count). The van der Waals surface area contributed by atoms with Gasteiger partial charge in [-0.15, -0.1) is 0 Å². The van der Waals surface area contributed by atoms with Crippen molar-refractivity contribution >= 4 is 17.3 Å². The molecule has 0 atom stereocenters. The van der Waals surface area contributed by atoms with E-state index in [0.29, 0.717) is 11.1 Å². The summed E-state index contributed by atoms with van der Waals surface area (Å²) in [4.78, 5) is 0. The molecule has 0 saturated carbocycles. The molecular formula is C14H22ClNO. The van der Waals surface area contributed by atoms with Crippen molar-refractivity contribution in [1.82, 2.24) is 0 Å². The van der Waals surface area contributed by atoms with E-state index in [1.54, 1.807) is 0 Å². The van der Waals surface area contributed by atoms with Crippen LogP contribution in [0, 0.1) is 0 Å². The third-order valence-corrected chi connectivity index (χ3v) is 2.95. The zero-order valence-corrected chi connectivity index (χ0v) is 11.8. The second-order valence-electron chi connectivity index (χ2n) is 4.47. The van der Waals surface area contributed by atoms with Crippen molar-refractivity contribution in [3.63, 3.8) is 0 Å². The zero-order valence-electron chi connectivity index (χ0n) is 11.1. The lowest BCUT2D eigenvalue weighted by atomic mass is 10.1. The molecule has 0 bridgehead atoms.